The van der Waals surface area contributed by atoms with Crippen molar-refractivity contribution in [1.29, 1.82) is 0 Å². The van der Waals surface area contributed by atoms with Crippen LogP contribution in [0.4, 0.5) is 0 Å². The zero-order valence-electron chi connectivity index (χ0n) is 15.9. The molecule has 0 aliphatic carbocycles. The van der Waals surface area contributed by atoms with Crippen LogP contribution in [0.3, 0.4) is 0 Å². The van der Waals surface area contributed by atoms with Crippen molar-refractivity contribution in [3.05, 3.63) is 0 Å². The van der Waals surface area contributed by atoms with E-state index in [9.17, 15) is 0 Å². The van der Waals surface area contributed by atoms with Gasteiger partial charge in [0.2, 0.25) is 0 Å². The standard InChI is InChI=1S/C18H39N5/c1-5-6-13-22(4)16-12-21-18(19-3)20-11-9-15-23-14-8-7-10-17(23)2/h17H,5-16H2,1-4H3,(H2,19,20,21). The molecule has 1 atom stereocenters. The van der Waals surface area contributed by atoms with Gasteiger partial charge in [0.05, 0.1) is 0 Å². The van der Waals surface area contributed by atoms with Crippen molar-refractivity contribution in [2.45, 2.75) is 58.4 Å². The van der Waals surface area contributed by atoms with E-state index in [0.717, 1.165) is 31.6 Å². The van der Waals surface area contributed by atoms with Crippen LogP contribution in [0.1, 0.15) is 52.4 Å². The summed E-state index contributed by atoms with van der Waals surface area (Å²) in [5.41, 5.74) is 0. The number of nitrogens with one attached hydrogen (secondary N) is 2. The van der Waals surface area contributed by atoms with Crippen LogP contribution in [-0.2, 0) is 0 Å². The maximum Gasteiger partial charge on any atom is 0.191 e. The van der Waals surface area contributed by atoms with Gasteiger partial charge in [0, 0.05) is 39.3 Å². The molecule has 136 valence electrons. The Bertz CT molecular complexity index is 319. The zero-order chi connectivity index (χ0) is 16.9. The molecule has 0 saturated carbocycles. The molecular formula is C18H39N5. The normalized spacial score (nSPS) is 20.0. The highest BCUT2D eigenvalue weighted by Crippen LogP contribution is 2.15. The van der Waals surface area contributed by atoms with E-state index < -0.39 is 0 Å². The predicted octanol–water partition coefficient (Wildman–Crippen LogP) is 2.15. The van der Waals surface area contributed by atoms with Gasteiger partial charge >= 0.3 is 0 Å². The summed E-state index contributed by atoms with van der Waals surface area (Å²) in [6.07, 6.45) is 7.85. The molecule has 0 aromatic carbocycles. The number of aliphatic imine (C=N–C) groups is 1. The number of nitrogens with zero attached hydrogens (tertiary/aromatic N) is 3. The predicted molar refractivity (Wildman–Crippen MR) is 101 cm³/mol. The van der Waals surface area contributed by atoms with Crippen molar-refractivity contribution in [3.63, 3.8) is 0 Å². The van der Waals surface area contributed by atoms with Crippen molar-refractivity contribution in [2.75, 3.05) is 53.4 Å². The lowest BCUT2D eigenvalue weighted by Gasteiger charge is -2.33. The van der Waals surface area contributed by atoms with E-state index in [1.54, 1.807) is 0 Å². The first-order valence-electron chi connectivity index (χ1n) is 9.54. The van der Waals surface area contributed by atoms with Gasteiger partial charge in [-0.3, -0.25) is 4.99 Å². The average Bonchev–Trinajstić information content (AvgIpc) is 2.56. The second-order valence-electron chi connectivity index (χ2n) is 6.82. The molecule has 1 saturated heterocycles. The van der Waals surface area contributed by atoms with Gasteiger partial charge in [0.1, 0.15) is 0 Å². The SMILES string of the molecule is CCCCN(C)CCNC(=NC)NCCCN1CCCCC1C. The maximum absolute atomic E-state index is 4.31. The fourth-order valence-electron chi connectivity index (χ4n) is 3.10. The number of rotatable bonds is 10. The van der Waals surface area contributed by atoms with Crippen LogP contribution in [0.5, 0.6) is 0 Å². The summed E-state index contributed by atoms with van der Waals surface area (Å²) in [6.45, 7) is 11.3. The van der Waals surface area contributed by atoms with Gasteiger partial charge in [0.25, 0.3) is 0 Å². The van der Waals surface area contributed by atoms with E-state index in [1.165, 1.54) is 58.2 Å². The van der Waals surface area contributed by atoms with Crippen LogP contribution in [-0.4, -0.2) is 75.2 Å². The Morgan fingerprint density at radius 1 is 1.17 bits per heavy atom. The fraction of sp³-hybridized carbons (Fsp3) is 0.944. The first-order chi connectivity index (χ1) is 11.2. The monoisotopic (exact) mass is 325 g/mol. The van der Waals surface area contributed by atoms with Crippen molar-refractivity contribution < 1.29 is 0 Å². The Morgan fingerprint density at radius 3 is 2.65 bits per heavy atom. The molecule has 0 radical (unpaired) electrons. The van der Waals surface area contributed by atoms with Gasteiger partial charge in [-0.2, -0.15) is 0 Å². The maximum atomic E-state index is 4.31. The van der Waals surface area contributed by atoms with Gasteiger partial charge in [-0.05, 0) is 52.7 Å². The minimum absolute atomic E-state index is 0.764. The molecule has 1 unspecified atom stereocenters. The molecule has 0 amide bonds. The Morgan fingerprint density at radius 2 is 1.96 bits per heavy atom. The molecule has 5 heteroatoms. The number of guanidine groups is 1. The quantitative estimate of drug-likeness (QED) is 0.367. The Kier molecular flexibility index (Phi) is 11.1. The summed E-state index contributed by atoms with van der Waals surface area (Å²) in [5, 5.41) is 6.84. The Labute approximate surface area is 143 Å². The van der Waals surface area contributed by atoms with E-state index in [2.05, 4.69) is 46.3 Å². The molecule has 2 N–H and O–H groups in total. The molecule has 1 fully saturated rings. The molecular weight excluding hydrogens is 286 g/mol. The van der Waals surface area contributed by atoms with Crippen LogP contribution in [0.15, 0.2) is 4.99 Å². The van der Waals surface area contributed by atoms with Crippen molar-refractivity contribution in [2.24, 2.45) is 4.99 Å². The van der Waals surface area contributed by atoms with Crippen molar-refractivity contribution in [1.82, 2.24) is 20.4 Å². The average molecular weight is 326 g/mol. The minimum atomic E-state index is 0.764. The lowest BCUT2D eigenvalue weighted by atomic mass is 10.0. The molecule has 5 nitrogen and oxygen atoms in total. The van der Waals surface area contributed by atoms with Crippen molar-refractivity contribution in [3.8, 4) is 0 Å². The summed E-state index contributed by atoms with van der Waals surface area (Å²) in [5.74, 6) is 0.931. The molecule has 1 rings (SSSR count). The summed E-state index contributed by atoms with van der Waals surface area (Å²) in [4.78, 5) is 9.31. The molecule has 23 heavy (non-hydrogen) atoms. The number of hydrogen-bond acceptors (Lipinski definition) is 3. The largest absolute Gasteiger partial charge is 0.356 e. The van der Waals surface area contributed by atoms with Gasteiger partial charge < -0.3 is 20.4 Å². The number of likely N-dealkylation sites (tertiary alicyclic amines) is 1. The topological polar surface area (TPSA) is 42.9 Å². The lowest BCUT2D eigenvalue weighted by Crippen LogP contribution is -2.43. The minimum Gasteiger partial charge on any atom is -0.356 e. The molecule has 1 heterocycles. The third kappa shape index (κ3) is 9.16. The summed E-state index contributed by atoms with van der Waals surface area (Å²) in [7, 11) is 4.04. The van der Waals surface area contributed by atoms with Crippen LogP contribution in [0.2, 0.25) is 0 Å². The van der Waals surface area contributed by atoms with Gasteiger partial charge in [-0.1, -0.05) is 19.8 Å². The molecule has 0 aromatic rings. The van der Waals surface area contributed by atoms with Gasteiger partial charge in [-0.15, -0.1) is 0 Å². The first kappa shape index (κ1) is 20.2. The lowest BCUT2D eigenvalue weighted by molar-refractivity contribution is 0.159. The molecule has 0 spiro atoms. The molecule has 0 aromatic heterocycles. The fourth-order valence-corrected chi connectivity index (χ4v) is 3.10. The first-order valence-corrected chi connectivity index (χ1v) is 9.54. The van der Waals surface area contributed by atoms with Crippen LogP contribution in [0.25, 0.3) is 0 Å². The third-order valence-electron chi connectivity index (χ3n) is 4.76. The van der Waals surface area contributed by atoms with Crippen molar-refractivity contribution >= 4 is 5.96 Å². The van der Waals surface area contributed by atoms with E-state index in [0.29, 0.717) is 0 Å². The zero-order valence-corrected chi connectivity index (χ0v) is 15.9. The second-order valence-corrected chi connectivity index (χ2v) is 6.82. The summed E-state index contributed by atoms with van der Waals surface area (Å²) < 4.78 is 0. The second kappa shape index (κ2) is 12.6. The number of hydrogen-bond donors (Lipinski definition) is 2. The Hall–Kier alpha value is -0.810. The number of piperidine rings is 1. The number of likely N-dealkylation sites (N-methyl/N-ethyl adjacent to an activating group) is 1. The number of unbranched alkanes of at least 4 members (excludes halogenated alkanes) is 1. The highest BCUT2D eigenvalue weighted by molar-refractivity contribution is 5.79. The molecule has 0 bridgehead atoms. The van der Waals surface area contributed by atoms with E-state index in [-0.39, 0.29) is 0 Å². The molecule has 1 aliphatic rings. The third-order valence-corrected chi connectivity index (χ3v) is 4.76. The summed E-state index contributed by atoms with van der Waals surface area (Å²) >= 11 is 0. The molecule has 1 aliphatic heterocycles. The van der Waals surface area contributed by atoms with E-state index in [1.807, 2.05) is 7.05 Å². The van der Waals surface area contributed by atoms with Crippen LogP contribution >= 0.6 is 0 Å². The van der Waals surface area contributed by atoms with Gasteiger partial charge in [0.15, 0.2) is 5.96 Å². The van der Waals surface area contributed by atoms with Crippen LogP contribution < -0.4 is 10.6 Å². The van der Waals surface area contributed by atoms with E-state index >= 15 is 0 Å². The Balaban J connectivity index is 2.07. The van der Waals surface area contributed by atoms with Gasteiger partial charge in [-0.25, -0.2) is 0 Å². The van der Waals surface area contributed by atoms with E-state index in [4.69, 9.17) is 0 Å². The highest BCUT2D eigenvalue weighted by atomic mass is 15.2. The highest BCUT2D eigenvalue weighted by Gasteiger charge is 2.17. The van der Waals surface area contributed by atoms with Crippen LogP contribution in [0, 0.1) is 0 Å². The smallest absolute Gasteiger partial charge is 0.191 e. The summed E-state index contributed by atoms with van der Waals surface area (Å²) in [6, 6.07) is 0.764.